The number of hydrogen-bond acceptors (Lipinski definition) is 4. The molecule has 0 aliphatic carbocycles. The monoisotopic (exact) mass is 426 g/mol. The Morgan fingerprint density at radius 1 is 1.11 bits per heavy atom. The van der Waals surface area contributed by atoms with Gasteiger partial charge in [0.15, 0.2) is 0 Å². The first-order valence-corrected chi connectivity index (χ1v) is 9.36. The number of ether oxygens (including phenoxy) is 2. The normalized spacial score (nSPS) is 11.5. The summed E-state index contributed by atoms with van der Waals surface area (Å²) in [6, 6.07) is 15.3. The Morgan fingerprint density at radius 3 is 2.39 bits per heavy atom. The molecule has 0 bridgehead atoms. The van der Waals surface area contributed by atoms with E-state index < -0.39 is 6.09 Å². The Morgan fingerprint density at radius 2 is 1.79 bits per heavy atom. The van der Waals surface area contributed by atoms with Crippen molar-refractivity contribution in [3.63, 3.8) is 0 Å². The molecular weight excluding hydrogens is 399 g/mol. The fourth-order valence-electron chi connectivity index (χ4n) is 2.56. The number of rotatable bonds is 8. The molecule has 0 saturated heterocycles. The molecule has 5 nitrogen and oxygen atoms in total. The van der Waals surface area contributed by atoms with Crippen LogP contribution >= 0.6 is 24.0 Å². The van der Waals surface area contributed by atoms with E-state index in [9.17, 15) is 4.79 Å². The van der Waals surface area contributed by atoms with Crippen LogP contribution in [-0.2, 0) is 0 Å². The van der Waals surface area contributed by atoms with Crippen LogP contribution in [0.3, 0.4) is 0 Å². The van der Waals surface area contributed by atoms with Crippen LogP contribution < -0.4 is 14.8 Å². The van der Waals surface area contributed by atoms with Crippen LogP contribution in [0.4, 0.5) is 4.79 Å². The van der Waals surface area contributed by atoms with Gasteiger partial charge in [-0.2, -0.15) is 0 Å². The summed E-state index contributed by atoms with van der Waals surface area (Å²) in [5, 5.41) is 4.23. The third kappa shape index (κ3) is 7.97. The first-order valence-electron chi connectivity index (χ1n) is 8.98. The summed E-state index contributed by atoms with van der Waals surface area (Å²) in [7, 11) is 3.31. The maximum atomic E-state index is 11.8. The second-order valence-corrected chi connectivity index (χ2v) is 7.24. The van der Waals surface area contributed by atoms with Crippen molar-refractivity contribution < 1.29 is 14.3 Å². The molecule has 1 amide bonds. The smallest absolute Gasteiger partial charge is 0.414 e. The maximum absolute atomic E-state index is 11.8. The molecular formula is C21H28Cl2N2O3. The predicted octanol–water partition coefficient (Wildman–Crippen LogP) is 5.33. The van der Waals surface area contributed by atoms with Gasteiger partial charge in [-0.25, -0.2) is 4.79 Å². The van der Waals surface area contributed by atoms with E-state index in [0.29, 0.717) is 23.4 Å². The number of carbonyl (C=O) groups excluding carboxylic acids is 1. The summed E-state index contributed by atoms with van der Waals surface area (Å²) < 4.78 is 11.2. The molecule has 2 aromatic carbocycles. The maximum Gasteiger partial charge on any atom is 0.414 e. The molecule has 0 fully saturated rings. The standard InChI is InChI=1S/C21H27ClN2O3.ClH/c1-15(2)23-20(12-13-26-18-10-8-17(22)9-11-18)16-6-5-7-19(14-16)27-21(25)24(3)4;/h5-11,14-15,20,23H,12-13H2,1-4H3;1H. The van der Waals surface area contributed by atoms with Gasteiger partial charge in [0.25, 0.3) is 0 Å². The summed E-state index contributed by atoms with van der Waals surface area (Å²) in [6.45, 7) is 4.75. The van der Waals surface area contributed by atoms with Crippen molar-refractivity contribution in [1.29, 1.82) is 0 Å². The number of carbonyl (C=O) groups is 1. The molecule has 2 aromatic rings. The molecule has 7 heteroatoms. The fraction of sp³-hybridized carbons (Fsp3) is 0.381. The van der Waals surface area contributed by atoms with Crippen LogP contribution in [-0.4, -0.2) is 37.7 Å². The Labute approximate surface area is 178 Å². The Bertz CT molecular complexity index is 737. The Hall–Kier alpha value is -1.95. The molecule has 0 saturated carbocycles. The molecule has 0 radical (unpaired) electrons. The lowest BCUT2D eigenvalue weighted by Gasteiger charge is -2.22. The van der Waals surface area contributed by atoms with Gasteiger partial charge >= 0.3 is 6.09 Å². The second-order valence-electron chi connectivity index (χ2n) is 6.80. The summed E-state index contributed by atoms with van der Waals surface area (Å²) in [5.74, 6) is 1.32. The number of amides is 1. The fourth-order valence-corrected chi connectivity index (χ4v) is 2.69. The highest BCUT2D eigenvalue weighted by atomic mass is 35.5. The predicted molar refractivity (Wildman–Crippen MR) is 116 cm³/mol. The van der Waals surface area contributed by atoms with E-state index >= 15 is 0 Å². The zero-order valence-corrected chi connectivity index (χ0v) is 18.2. The minimum absolute atomic E-state index is 0. The van der Waals surface area contributed by atoms with E-state index in [1.807, 2.05) is 42.5 Å². The lowest BCUT2D eigenvalue weighted by molar-refractivity contribution is 0.172. The molecule has 0 heterocycles. The van der Waals surface area contributed by atoms with Crippen molar-refractivity contribution in [2.45, 2.75) is 32.4 Å². The highest BCUT2D eigenvalue weighted by molar-refractivity contribution is 6.30. The van der Waals surface area contributed by atoms with Crippen molar-refractivity contribution in [2.24, 2.45) is 0 Å². The molecule has 2 rings (SSSR count). The van der Waals surface area contributed by atoms with Crippen molar-refractivity contribution in [1.82, 2.24) is 10.2 Å². The molecule has 154 valence electrons. The molecule has 1 atom stereocenters. The molecule has 0 aromatic heterocycles. The minimum Gasteiger partial charge on any atom is -0.494 e. The second kappa shape index (κ2) is 11.8. The molecule has 1 N–H and O–H groups in total. The summed E-state index contributed by atoms with van der Waals surface area (Å²) in [4.78, 5) is 13.2. The van der Waals surface area contributed by atoms with Crippen LogP contribution in [0.25, 0.3) is 0 Å². The van der Waals surface area contributed by atoms with Gasteiger partial charge in [0, 0.05) is 37.6 Å². The number of halogens is 2. The number of nitrogens with zero attached hydrogens (tertiary/aromatic N) is 1. The molecule has 0 aliphatic heterocycles. The number of nitrogens with one attached hydrogen (secondary N) is 1. The van der Waals surface area contributed by atoms with Crippen molar-refractivity contribution in [3.05, 3.63) is 59.1 Å². The topological polar surface area (TPSA) is 50.8 Å². The first-order chi connectivity index (χ1) is 12.8. The van der Waals surface area contributed by atoms with Gasteiger partial charge in [0.05, 0.1) is 6.61 Å². The van der Waals surface area contributed by atoms with Gasteiger partial charge in [-0.15, -0.1) is 12.4 Å². The lowest BCUT2D eigenvalue weighted by Crippen LogP contribution is -2.29. The SMILES string of the molecule is CC(C)NC(CCOc1ccc(Cl)cc1)c1cccc(OC(=O)N(C)C)c1.Cl. The van der Waals surface area contributed by atoms with Gasteiger partial charge in [-0.1, -0.05) is 37.6 Å². The van der Waals surface area contributed by atoms with Crippen LogP contribution in [0.5, 0.6) is 11.5 Å². The van der Waals surface area contributed by atoms with Crippen molar-refractivity contribution in [2.75, 3.05) is 20.7 Å². The van der Waals surface area contributed by atoms with Crippen molar-refractivity contribution in [3.8, 4) is 11.5 Å². The lowest BCUT2D eigenvalue weighted by atomic mass is 10.0. The third-order valence-electron chi connectivity index (χ3n) is 3.85. The van der Waals surface area contributed by atoms with Crippen LogP contribution in [0.15, 0.2) is 48.5 Å². The van der Waals surface area contributed by atoms with Crippen LogP contribution in [0.2, 0.25) is 5.02 Å². The van der Waals surface area contributed by atoms with E-state index in [2.05, 4.69) is 19.2 Å². The van der Waals surface area contributed by atoms with E-state index in [4.69, 9.17) is 21.1 Å². The minimum atomic E-state index is -0.397. The highest BCUT2D eigenvalue weighted by Gasteiger charge is 2.15. The number of benzene rings is 2. The summed E-state index contributed by atoms with van der Waals surface area (Å²) >= 11 is 5.90. The molecule has 1 unspecified atom stereocenters. The average Bonchev–Trinajstić information content (AvgIpc) is 2.62. The average molecular weight is 427 g/mol. The number of hydrogen-bond donors (Lipinski definition) is 1. The van der Waals surface area contributed by atoms with E-state index in [-0.39, 0.29) is 18.4 Å². The molecule has 28 heavy (non-hydrogen) atoms. The molecule has 0 spiro atoms. The van der Waals surface area contributed by atoms with E-state index in [1.54, 1.807) is 20.2 Å². The van der Waals surface area contributed by atoms with Gasteiger partial charge in [-0.3, -0.25) is 0 Å². The zero-order valence-electron chi connectivity index (χ0n) is 16.6. The molecule has 0 aliphatic rings. The summed E-state index contributed by atoms with van der Waals surface area (Å²) in [5.41, 5.74) is 1.05. The highest BCUT2D eigenvalue weighted by Crippen LogP contribution is 2.24. The van der Waals surface area contributed by atoms with Gasteiger partial charge in [0.2, 0.25) is 0 Å². The van der Waals surface area contributed by atoms with Crippen LogP contribution in [0.1, 0.15) is 31.9 Å². The first kappa shape index (κ1) is 24.1. The van der Waals surface area contributed by atoms with Gasteiger partial charge in [0.1, 0.15) is 11.5 Å². The van der Waals surface area contributed by atoms with Crippen LogP contribution in [0, 0.1) is 0 Å². The van der Waals surface area contributed by atoms with Crippen molar-refractivity contribution >= 4 is 30.1 Å². The largest absolute Gasteiger partial charge is 0.494 e. The van der Waals surface area contributed by atoms with E-state index in [0.717, 1.165) is 17.7 Å². The quantitative estimate of drug-likeness (QED) is 0.619. The van der Waals surface area contributed by atoms with E-state index in [1.165, 1.54) is 4.90 Å². The van der Waals surface area contributed by atoms with Gasteiger partial charge < -0.3 is 19.7 Å². The summed E-state index contributed by atoms with van der Waals surface area (Å²) in [6.07, 6.45) is 0.373. The third-order valence-corrected chi connectivity index (χ3v) is 4.11. The van der Waals surface area contributed by atoms with Gasteiger partial charge in [-0.05, 0) is 42.0 Å². The Balaban J connectivity index is 0.00000392. The Kier molecular flexibility index (Phi) is 10.1. The zero-order chi connectivity index (χ0) is 19.8.